The highest BCUT2D eigenvalue weighted by atomic mass is 16.1. The molecule has 22 heavy (non-hydrogen) atoms. The van der Waals surface area contributed by atoms with Gasteiger partial charge in [-0.15, -0.1) is 0 Å². The van der Waals surface area contributed by atoms with Gasteiger partial charge >= 0.3 is 0 Å². The van der Waals surface area contributed by atoms with E-state index in [1.807, 2.05) is 43.3 Å². The number of benzene rings is 2. The summed E-state index contributed by atoms with van der Waals surface area (Å²) in [6.45, 7) is 3.66. The van der Waals surface area contributed by atoms with E-state index in [0.717, 1.165) is 11.3 Å². The van der Waals surface area contributed by atoms with Crippen LogP contribution in [0.3, 0.4) is 0 Å². The van der Waals surface area contributed by atoms with Crippen LogP contribution < -0.4 is 11.3 Å². The van der Waals surface area contributed by atoms with Crippen molar-refractivity contribution in [1.82, 2.24) is 4.57 Å². The molecule has 0 fully saturated rings. The minimum atomic E-state index is -0.531. The Labute approximate surface area is 127 Å². The Bertz CT molecular complexity index is 941. The van der Waals surface area contributed by atoms with E-state index in [1.54, 1.807) is 23.6 Å². The Balaban J connectivity index is 2.54. The number of fused-ring (bicyclic) bond motifs is 1. The van der Waals surface area contributed by atoms with Crippen LogP contribution in [-0.4, -0.2) is 10.5 Å². The van der Waals surface area contributed by atoms with Crippen molar-refractivity contribution >= 4 is 16.7 Å². The Morgan fingerprint density at radius 2 is 1.68 bits per heavy atom. The van der Waals surface area contributed by atoms with E-state index >= 15 is 0 Å². The highest BCUT2D eigenvalue weighted by Gasteiger charge is 2.18. The van der Waals surface area contributed by atoms with E-state index < -0.39 is 5.91 Å². The maximum Gasteiger partial charge on any atom is 0.263 e. The molecule has 1 amide bonds. The van der Waals surface area contributed by atoms with Gasteiger partial charge in [0.1, 0.15) is 0 Å². The summed E-state index contributed by atoms with van der Waals surface area (Å²) in [6, 6.07) is 14.7. The summed E-state index contributed by atoms with van der Waals surface area (Å²) in [7, 11) is 0. The van der Waals surface area contributed by atoms with E-state index in [9.17, 15) is 9.59 Å². The number of nitrogens with two attached hydrogens (primary N) is 1. The second-order valence-electron chi connectivity index (χ2n) is 5.35. The molecule has 0 radical (unpaired) electrons. The predicted molar refractivity (Wildman–Crippen MR) is 87.5 cm³/mol. The maximum atomic E-state index is 12.9. The molecule has 1 aromatic heterocycles. The second kappa shape index (κ2) is 5.15. The van der Waals surface area contributed by atoms with Gasteiger partial charge in [-0.05, 0) is 32.0 Å². The first-order valence-electron chi connectivity index (χ1n) is 7.02. The molecule has 3 aromatic rings. The van der Waals surface area contributed by atoms with Crippen LogP contribution in [0.4, 0.5) is 0 Å². The molecule has 110 valence electrons. The number of amides is 1. The number of aromatic nitrogens is 1. The topological polar surface area (TPSA) is 65.1 Å². The molecule has 0 saturated carbocycles. The number of carbonyl (C=O) groups excluding carboxylic acids is 1. The molecule has 0 saturated heterocycles. The lowest BCUT2D eigenvalue weighted by molar-refractivity contribution is 0.100. The Kier molecular flexibility index (Phi) is 3.29. The van der Waals surface area contributed by atoms with Gasteiger partial charge in [0.2, 0.25) is 0 Å². The van der Waals surface area contributed by atoms with Crippen LogP contribution in [0.5, 0.6) is 0 Å². The number of aryl methyl sites for hydroxylation is 1. The summed E-state index contributed by atoms with van der Waals surface area (Å²) in [4.78, 5) is 24.8. The number of primary amides is 1. The molecule has 4 heteroatoms. The second-order valence-corrected chi connectivity index (χ2v) is 5.35. The molecule has 0 aliphatic carbocycles. The van der Waals surface area contributed by atoms with Crippen molar-refractivity contribution in [2.24, 2.45) is 5.73 Å². The van der Waals surface area contributed by atoms with Gasteiger partial charge in [-0.25, -0.2) is 0 Å². The SMILES string of the molecule is Cc1ccc2c(C(N)=O)c(C)n(-c3ccccc3)c(=O)c2c1. The minimum Gasteiger partial charge on any atom is -0.366 e. The van der Waals surface area contributed by atoms with Gasteiger partial charge in [0.05, 0.1) is 5.56 Å². The van der Waals surface area contributed by atoms with Crippen LogP contribution in [0.15, 0.2) is 53.3 Å². The Morgan fingerprint density at radius 1 is 1.00 bits per heavy atom. The van der Waals surface area contributed by atoms with Crippen molar-refractivity contribution < 1.29 is 4.79 Å². The van der Waals surface area contributed by atoms with Crippen LogP contribution in [0.1, 0.15) is 21.6 Å². The number of para-hydroxylation sites is 1. The normalized spacial score (nSPS) is 10.8. The van der Waals surface area contributed by atoms with Crippen molar-refractivity contribution in [2.45, 2.75) is 13.8 Å². The summed E-state index contributed by atoms with van der Waals surface area (Å²) >= 11 is 0. The third-order valence-electron chi connectivity index (χ3n) is 3.84. The van der Waals surface area contributed by atoms with E-state index in [4.69, 9.17) is 5.73 Å². The van der Waals surface area contributed by atoms with Crippen molar-refractivity contribution in [3.05, 3.63) is 75.7 Å². The van der Waals surface area contributed by atoms with E-state index in [1.165, 1.54) is 0 Å². The van der Waals surface area contributed by atoms with Gasteiger partial charge in [-0.2, -0.15) is 0 Å². The first-order valence-corrected chi connectivity index (χ1v) is 7.02. The Morgan fingerprint density at radius 3 is 2.32 bits per heavy atom. The highest BCUT2D eigenvalue weighted by Crippen LogP contribution is 2.22. The molecule has 0 bridgehead atoms. The van der Waals surface area contributed by atoms with Crippen molar-refractivity contribution in [3.8, 4) is 5.69 Å². The average Bonchev–Trinajstić information content (AvgIpc) is 2.49. The number of pyridine rings is 1. The molecule has 0 spiro atoms. The molecule has 0 atom stereocenters. The maximum absolute atomic E-state index is 12.9. The van der Waals surface area contributed by atoms with Gasteiger partial charge < -0.3 is 5.73 Å². The quantitative estimate of drug-likeness (QED) is 0.789. The van der Waals surface area contributed by atoms with Gasteiger partial charge in [0.25, 0.3) is 11.5 Å². The zero-order chi connectivity index (χ0) is 15.9. The van der Waals surface area contributed by atoms with Crippen molar-refractivity contribution in [1.29, 1.82) is 0 Å². The summed E-state index contributed by atoms with van der Waals surface area (Å²) in [5, 5.41) is 1.11. The fraction of sp³-hybridized carbons (Fsp3) is 0.111. The first-order chi connectivity index (χ1) is 10.5. The van der Waals surface area contributed by atoms with Crippen LogP contribution in [0, 0.1) is 13.8 Å². The van der Waals surface area contributed by atoms with Crippen molar-refractivity contribution in [3.63, 3.8) is 0 Å². The molecule has 2 aromatic carbocycles. The lowest BCUT2D eigenvalue weighted by atomic mass is 10.0. The summed E-state index contributed by atoms with van der Waals surface area (Å²) in [5.74, 6) is -0.531. The molecule has 0 unspecified atom stereocenters. The predicted octanol–water partition coefficient (Wildman–Crippen LogP) is 2.71. The third-order valence-corrected chi connectivity index (χ3v) is 3.84. The molecule has 0 aliphatic rings. The fourth-order valence-electron chi connectivity index (χ4n) is 2.83. The monoisotopic (exact) mass is 292 g/mol. The van der Waals surface area contributed by atoms with Gasteiger partial charge in [-0.1, -0.05) is 35.9 Å². The summed E-state index contributed by atoms with van der Waals surface area (Å²) in [6.07, 6.45) is 0. The molecular formula is C18H16N2O2. The van der Waals surface area contributed by atoms with Crippen LogP contribution in [0.25, 0.3) is 16.5 Å². The number of rotatable bonds is 2. The molecule has 0 aliphatic heterocycles. The van der Waals surface area contributed by atoms with E-state index in [2.05, 4.69) is 0 Å². The summed E-state index contributed by atoms with van der Waals surface area (Å²) < 4.78 is 1.54. The number of hydrogen-bond donors (Lipinski definition) is 1. The Hall–Kier alpha value is -2.88. The fourth-order valence-corrected chi connectivity index (χ4v) is 2.83. The standard InChI is InChI=1S/C18H16N2O2/c1-11-8-9-14-15(10-11)18(22)20(12(2)16(14)17(19)21)13-6-4-3-5-7-13/h3-10H,1-2H3,(H2,19,21). The van der Waals surface area contributed by atoms with E-state index in [-0.39, 0.29) is 5.56 Å². The smallest absolute Gasteiger partial charge is 0.263 e. The van der Waals surface area contributed by atoms with Crippen LogP contribution in [-0.2, 0) is 0 Å². The zero-order valence-electron chi connectivity index (χ0n) is 12.5. The number of hydrogen-bond acceptors (Lipinski definition) is 2. The molecule has 4 nitrogen and oxygen atoms in total. The van der Waals surface area contributed by atoms with E-state index in [0.29, 0.717) is 22.0 Å². The highest BCUT2D eigenvalue weighted by molar-refractivity contribution is 6.07. The van der Waals surface area contributed by atoms with Crippen LogP contribution in [0.2, 0.25) is 0 Å². The number of nitrogens with zero attached hydrogens (tertiary/aromatic N) is 1. The zero-order valence-corrected chi connectivity index (χ0v) is 12.5. The van der Waals surface area contributed by atoms with Crippen LogP contribution >= 0.6 is 0 Å². The molecular weight excluding hydrogens is 276 g/mol. The molecule has 2 N–H and O–H groups in total. The average molecular weight is 292 g/mol. The van der Waals surface area contributed by atoms with Gasteiger partial charge in [0.15, 0.2) is 0 Å². The van der Waals surface area contributed by atoms with Gasteiger partial charge in [-0.3, -0.25) is 14.2 Å². The number of carbonyl (C=O) groups is 1. The largest absolute Gasteiger partial charge is 0.366 e. The molecule has 3 rings (SSSR count). The minimum absolute atomic E-state index is 0.146. The summed E-state index contributed by atoms with van der Waals surface area (Å²) in [5.41, 5.74) is 8.04. The lowest BCUT2D eigenvalue weighted by Gasteiger charge is -2.16. The first kappa shape index (κ1) is 14.1. The van der Waals surface area contributed by atoms with Crippen molar-refractivity contribution in [2.75, 3.05) is 0 Å². The third kappa shape index (κ3) is 2.09. The lowest BCUT2D eigenvalue weighted by Crippen LogP contribution is -2.26. The molecule has 1 heterocycles. The van der Waals surface area contributed by atoms with Gasteiger partial charge in [0, 0.05) is 22.2 Å².